The van der Waals surface area contributed by atoms with E-state index in [-0.39, 0.29) is 16.9 Å². The number of nitro groups is 1. The lowest BCUT2D eigenvalue weighted by molar-refractivity contribution is -0.384. The second-order valence-corrected chi connectivity index (χ2v) is 7.89. The smallest absolute Gasteiger partial charge is 0.315 e. The Morgan fingerprint density at radius 1 is 1.33 bits per heavy atom. The third-order valence-corrected chi connectivity index (χ3v) is 5.20. The van der Waals surface area contributed by atoms with Crippen LogP contribution in [0.4, 0.5) is 5.69 Å². The maximum atomic E-state index is 13.0. The van der Waals surface area contributed by atoms with Crippen molar-refractivity contribution in [3.05, 3.63) is 51.2 Å². The van der Waals surface area contributed by atoms with E-state index in [1.165, 1.54) is 19.2 Å². The van der Waals surface area contributed by atoms with Crippen molar-refractivity contribution in [3.8, 4) is 0 Å². The number of ketones is 1. The monoisotopic (exact) mass is 370 g/mol. The first-order valence-electron chi connectivity index (χ1n) is 8.78. The number of esters is 1. The van der Waals surface area contributed by atoms with Crippen LogP contribution >= 0.6 is 0 Å². The number of non-ortho nitro benzene ring substituents is 1. The number of nitro benzene ring substituents is 1. The van der Waals surface area contributed by atoms with E-state index in [1.54, 1.807) is 19.1 Å². The zero-order valence-corrected chi connectivity index (χ0v) is 15.8. The molecule has 0 N–H and O–H groups in total. The number of benzene rings is 1. The van der Waals surface area contributed by atoms with Gasteiger partial charge in [-0.2, -0.15) is 0 Å². The molecule has 0 fully saturated rings. The minimum absolute atomic E-state index is 0.0668. The van der Waals surface area contributed by atoms with E-state index in [0.717, 1.165) is 0 Å². The maximum Gasteiger partial charge on any atom is 0.315 e. The molecule has 1 aromatic rings. The van der Waals surface area contributed by atoms with Gasteiger partial charge in [-0.15, -0.1) is 0 Å². The van der Waals surface area contributed by atoms with Crippen LogP contribution in [0.5, 0.6) is 0 Å². The van der Waals surface area contributed by atoms with Crippen LogP contribution in [0.2, 0.25) is 0 Å². The van der Waals surface area contributed by atoms with Gasteiger partial charge < -0.3 is 4.74 Å². The number of hydrogen-bond acceptors (Lipinski definition) is 6. The molecule has 0 amide bonds. The van der Waals surface area contributed by atoms with Gasteiger partial charge in [0.2, 0.25) is 0 Å². The summed E-state index contributed by atoms with van der Waals surface area (Å²) >= 11 is 0. The predicted octanol–water partition coefficient (Wildman–Crippen LogP) is 3.59. The van der Waals surface area contributed by atoms with Crippen molar-refractivity contribution in [1.82, 2.24) is 0 Å². The number of methoxy groups -OCH3 is 1. The van der Waals surface area contributed by atoms with Gasteiger partial charge in [-0.1, -0.05) is 26.0 Å². The summed E-state index contributed by atoms with van der Waals surface area (Å²) in [5, 5.41) is 11.2. The Balaban J connectivity index is 2.22. The Kier molecular flexibility index (Phi) is 4.71. The Labute approximate surface area is 157 Å². The summed E-state index contributed by atoms with van der Waals surface area (Å²) in [5.74, 6) is -1.98. The van der Waals surface area contributed by atoms with Crippen LogP contribution < -0.4 is 0 Å². The molecule has 1 unspecified atom stereocenters. The number of hydrogen-bond donors (Lipinski definition) is 0. The van der Waals surface area contributed by atoms with Crippen molar-refractivity contribution < 1.29 is 19.2 Å². The lowest BCUT2D eigenvalue weighted by Gasteiger charge is -2.38. The Morgan fingerprint density at radius 3 is 2.67 bits per heavy atom. The largest absolute Gasteiger partial charge is 0.468 e. The molecular weight excluding hydrogens is 348 g/mol. The van der Waals surface area contributed by atoms with Crippen molar-refractivity contribution >= 4 is 23.2 Å². The molecule has 2 aliphatic rings. The number of rotatable bonds is 3. The number of aliphatic imine (C=N–C) groups is 1. The van der Waals surface area contributed by atoms with Crippen LogP contribution in [0.3, 0.4) is 0 Å². The second kappa shape index (κ2) is 6.72. The van der Waals surface area contributed by atoms with Crippen LogP contribution in [-0.2, 0) is 14.3 Å². The van der Waals surface area contributed by atoms with Crippen LogP contribution in [0.15, 0.2) is 40.5 Å². The summed E-state index contributed by atoms with van der Waals surface area (Å²) in [4.78, 5) is 40.8. The van der Waals surface area contributed by atoms with Gasteiger partial charge in [0.1, 0.15) is 5.92 Å². The van der Waals surface area contributed by atoms with Crippen molar-refractivity contribution in [2.24, 2.45) is 16.3 Å². The van der Waals surface area contributed by atoms with Crippen LogP contribution in [-0.4, -0.2) is 29.5 Å². The van der Waals surface area contributed by atoms with Crippen LogP contribution in [0, 0.1) is 21.4 Å². The van der Waals surface area contributed by atoms with Crippen molar-refractivity contribution in [2.75, 3.05) is 7.11 Å². The van der Waals surface area contributed by atoms with Crippen LogP contribution in [0.1, 0.15) is 45.1 Å². The van der Waals surface area contributed by atoms with E-state index in [2.05, 4.69) is 4.99 Å². The van der Waals surface area contributed by atoms with E-state index in [9.17, 15) is 19.7 Å². The van der Waals surface area contributed by atoms with Gasteiger partial charge in [-0.25, -0.2) is 0 Å². The molecule has 0 aromatic heterocycles. The van der Waals surface area contributed by atoms with E-state index in [1.807, 2.05) is 13.8 Å². The molecule has 2 atom stereocenters. The molecule has 1 aliphatic heterocycles. The number of Topliss-reactive ketones (excluding diaryl/α,β-unsaturated/α-hetero) is 1. The van der Waals surface area contributed by atoms with Gasteiger partial charge in [0.05, 0.1) is 12.0 Å². The number of carbonyl (C=O) groups is 2. The summed E-state index contributed by atoms with van der Waals surface area (Å²) in [5.41, 5.74) is 1.96. The lowest BCUT2D eigenvalue weighted by atomic mass is 9.67. The zero-order chi connectivity index (χ0) is 19.9. The molecule has 0 bridgehead atoms. The summed E-state index contributed by atoms with van der Waals surface area (Å²) < 4.78 is 4.96. The van der Waals surface area contributed by atoms with E-state index in [0.29, 0.717) is 35.4 Å². The zero-order valence-electron chi connectivity index (χ0n) is 15.8. The Morgan fingerprint density at radius 2 is 2.04 bits per heavy atom. The highest BCUT2D eigenvalue weighted by molar-refractivity contribution is 6.09. The molecular formula is C20H22N2O5. The molecule has 0 radical (unpaired) electrons. The fraction of sp³-hybridized carbons (Fsp3) is 0.450. The summed E-state index contributed by atoms with van der Waals surface area (Å²) in [6.07, 6.45) is 0.963. The molecule has 142 valence electrons. The molecule has 1 aliphatic carbocycles. The predicted molar refractivity (Wildman–Crippen MR) is 99.5 cm³/mol. The van der Waals surface area contributed by atoms with Gasteiger partial charge in [0.25, 0.3) is 5.69 Å². The molecule has 0 saturated heterocycles. The number of ether oxygens (including phenoxy) is 1. The fourth-order valence-corrected chi connectivity index (χ4v) is 4.07. The minimum Gasteiger partial charge on any atom is -0.468 e. The van der Waals surface area contributed by atoms with Crippen molar-refractivity contribution in [3.63, 3.8) is 0 Å². The highest BCUT2D eigenvalue weighted by Crippen LogP contribution is 2.48. The number of carbonyl (C=O) groups excluding carboxylic acids is 2. The first-order valence-corrected chi connectivity index (χ1v) is 8.78. The maximum absolute atomic E-state index is 13.0. The third-order valence-electron chi connectivity index (χ3n) is 5.20. The van der Waals surface area contributed by atoms with Crippen molar-refractivity contribution in [2.45, 2.75) is 39.5 Å². The standard InChI is InChI=1S/C20H22N2O5/c1-11-16(19(24)27-4)17(12-6-5-7-13(8-12)22(25)26)18-14(21-11)9-20(2,3)10-15(18)23/h5-8,16-17H,9-10H2,1-4H3/t16?,17-/m1/s1. The summed E-state index contributed by atoms with van der Waals surface area (Å²) in [6, 6.07) is 6.10. The van der Waals surface area contributed by atoms with Gasteiger partial charge in [-0.05, 0) is 24.3 Å². The molecule has 27 heavy (non-hydrogen) atoms. The van der Waals surface area contributed by atoms with E-state index < -0.39 is 22.7 Å². The Bertz CT molecular complexity index is 897. The van der Waals surface area contributed by atoms with Crippen LogP contribution in [0.25, 0.3) is 0 Å². The van der Waals surface area contributed by atoms with Gasteiger partial charge in [0.15, 0.2) is 5.78 Å². The minimum atomic E-state index is -0.777. The first-order chi connectivity index (χ1) is 12.6. The number of allylic oxidation sites excluding steroid dienone is 2. The van der Waals surface area contributed by atoms with Gasteiger partial charge >= 0.3 is 5.97 Å². The summed E-state index contributed by atoms with van der Waals surface area (Å²) in [6.45, 7) is 5.75. The van der Waals surface area contributed by atoms with Crippen molar-refractivity contribution in [1.29, 1.82) is 0 Å². The molecule has 7 nitrogen and oxygen atoms in total. The van der Waals surface area contributed by atoms with E-state index >= 15 is 0 Å². The fourth-order valence-electron chi connectivity index (χ4n) is 4.07. The third kappa shape index (κ3) is 3.41. The Hall–Kier alpha value is -2.83. The molecule has 1 heterocycles. The highest BCUT2D eigenvalue weighted by atomic mass is 16.6. The molecule has 1 aromatic carbocycles. The van der Waals surface area contributed by atoms with Gasteiger partial charge in [0, 0.05) is 41.5 Å². The molecule has 3 rings (SSSR count). The second-order valence-electron chi connectivity index (χ2n) is 7.89. The topological polar surface area (TPSA) is 98.9 Å². The summed E-state index contributed by atoms with van der Waals surface area (Å²) in [7, 11) is 1.29. The quantitative estimate of drug-likeness (QED) is 0.460. The highest BCUT2D eigenvalue weighted by Gasteiger charge is 2.46. The average molecular weight is 370 g/mol. The molecule has 0 saturated carbocycles. The van der Waals surface area contributed by atoms with E-state index in [4.69, 9.17) is 4.74 Å². The lowest BCUT2D eigenvalue weighted by Crippen LogP contribution is -2.39. The molecule has 7 heteroatoms. The van der Waals surface area contributed by atoms with Gasteiger partial charge in [-0.3, -0.25) is 24.7 Å². The average Bonchev–Trinajstić information content (AvgIpc) is 2.58. The SMILES string of the molecule is COC(=O)C1C(C)=NC2=C(C(=O)CC(C)(C)C2)[C@@H]1c1cccc([N+](=O)[O-])c1. The molecule has 0 spiro atoms. The first kappa shape index (κ1) is 18.9. The number of nitrogens with zero attached hydrogens (tertiary/aromatic N) is 2. The normalized spacial score (nSPS) is 24.1.